The number of allylic oxidation sites excluding steroid dienone is 1. The standard InChI is InChI=1S/C31H26N4/c1-21-13-18-27(22(2)19-21)29-20-28(25-16-14-24(15-17-25)23-9-5-3-6-10-23)32-31-33-30(34-35(29)31)26-11-7-4-8-12-26/h3-20,29H,1-2H3,(H,32,33,34)/t29-/m1/s1. The monoisotopic (exact) mass is 454 g/mol. The molecule has 6 rings (SSSR count). The zero-order valence-corrected chi connectivity index (χ0v) is 19.8. The van der Waals surface area contributed by atoms with E-state index in [-0.39, 0.29) is 6.04 Å². The van der Waals surface area contributed by atoms with E-state index in [2.05, 4.69) is 92.0 Å². The molecular formula is C31H26N4. The lowest BCUT2D eigenvalue weighted by atomic mass is 9.96. The number of benzene rings is 4. The van der Waals surface area contributed by atoms with Crippen molar-refractivity contribution in [3.05, 3.63) is 131 Å². The third-order valence-electron chi connectivity index (χ3n) is 6.54. The van der Waals surface area contributed by atoms with Crippen LogP contribution in [0.4, 0.5) is 5.95 Å². The number of hydrogen-bond donors (Lipinski definition) is 1. The Balaban J connectivity index is 1.43. The summed E-state index contributed by atoms with van der Waals surface area (Å²) in [6.45, 7) is 4.30. The molecule has 4 nitrogen and oxygen atoms in total. The average Bonchev–Trinajstić information content (AvgIpc) is 3.34. The van der Waals surface area contributed by atoms with Crippen LogP contribution in [0.25, 0.3) is 28.2 Å². The summed E-state index contributed by atoms with van der Waals surface area (Å²) in [5, 5.41) is 8.47. The Hall–Kier alpha value is -4.44. The molecule has 0 amide bonds. The van der Waals surface area contributed by atoms with E-state index < -0.39 is 0 Å². The van der Waals surface area contributed by atoms with Crippen LogP contribution in [0.3, 0.4) is 0 Å². The van der Waals surface area contributed by atoms with Crippen LogP contribution in [0.1, 0.15) is 28.3 Å². The quantitative estimate of drug-likeness (QED) is 0.310. The molecule has 0 saturated heterocycles. The molecule has 1 N–H and O–H groups in total. The maximum absolute atomic E-state index is 4.92. The largest absolute Gasteiger partial charge is 0.324 e. The van der Waals surface area contributed by atoms with Crippen molar-refractivity contribution in [3.63, 3.8) is 0 Å². The topological polar surface area (TPSA) is 42.7 Å². The molecule has 0 unspecified atom stereocenters. The number of aromatic nitrogens is 3. The Morgan fingerprint density at radius 3 is 2.00 bits per heavy atom. The van der Waals surface area contributed by atoms with Crippen LogP contribution < -0.4 is 5.32 Å². The van der Waals surface area contributed by atoms with Gasteiger partial charge in [0.1, 0.15) is 6.04 Å². The lowest BCUT2D eigenvalue weighted by Crippen LogP contribution is -2.21. The molecule has 35 heavy (non-hydrogen) atoms. The van der Waals surface area contributed by atoms with E-state index >= 15 is 0 Å². The fourth-order valence-electron chi connectivity index (χ4n) is 4.72. The van der Waals surface area contributed by atoms with Crippen LogP contribution in [0.2, 0.25) is 0 Å². The van der Waals surface area contributed by atoms with Gasteiger partial charge in [0.2, 0.25) is 5.95 Å². The van der Waals surface area contributed by atoms with Crippen LogP contribution in [-0.2, 0) is 0 Å². The van der Waals surface area contributed by atoms with E-state index in [1.807, 2.05) is 41.1 Å². The molecule has 1 atom stereocenters. The zero-order valence-electron chi connectivity index (χ0n) is 19.8. The molecule has 1 aliphatic rings. The van der Waals surface area contributed by atoms with Crippen LogP contribution >= 0.6 is 0 Å². The van der Waals surface area contributed by atoms with E-state index in [1.54, 1.807) is 0 Å². The minimum atomic E-state index is -0.0550. The Labute approximate surface area is 205 Å². The summed E-state index contributed by atoms with van der Waals surface area (Å²) in [6.07, 6.45) is 2.26. The Kier molecular flexibility index (Phi) is 5.27. The van der Waals surface area contributed by atoms with Gasteiger partial charge in [-0.1, -0.05) is 109 Å². The Morgan fingerprint density at radius 1 is 0.686 bits per heavy atom. The van der Waals surface area contributed by atoms with Gasteiger partial charge in [0.05, 0.1) is 0 Å². The molecule has 4 heteroatoms. The SMILES string of the molecule is Cc1ccc([C@H]2C=C(c3ccc(-c4ccccc4)cc3)Nc3nc(-c4ccccc4)nn32)c(C)c1. The summed E-state index contributed by atoms with van der Waals surface area (Å²) >= 11 is 0. The molecule has 0 aliphatic carbocycles. The molecule has 170 valence electrons. The molecule has 0 fully saturated rings. The van der Waals surface area contributed by atoms with Gasteiger partial charge in [-0.05, 0) is 47.7 Å². The van der Waals surface area contributed by atoms with Crippen LogP contribution in [-0.4, -0.2) is 14.8 Å². The third kappa shape index (κ3) is 4.04. The van der Waals surface area contributed by atoms with Crippen molar-refractivity contribution in [3.8, 4) is 22.5 Å². The van der Waals surface area contributed by atoms with Gasteiger partial charge in [-0.25, -0.2) is 4.68 Å². The molecule has 2 heterocycles. The van der Waals surface area contributed by atoms with E-state index in [0.29, 0.717) is 0 Å². The van der Waals surface area contributed by atoms with Gasteiger partial charge in [0, 0.05) is 11.3 Å². The van der Waals surface area contributed by atoms with Crippen molar-refractivity contribution in [2.45, 2.75) is 19.9 Å². The van der Waals surface area contributed by atoms with Crippen molar-refractivity contribution in [1.82, 2.24) is 14.8 Å². The number of aryl methyl sites for hydroxylation is 2. The first kappa shape index (κ1) is 21.1. The van der Waals surface area contributed by atoms with Crippen molar-refractivity contribution in [2.24, 2.45) is 0 Å². The highest BCUT2D eigenvalue weighted by Gasteiger charge is 2.26. The second-order valence-corrected chi connectivity index (χ2v) is 9.02. The lowest BCUT2D eigenvalue weighted by molar-refractivity contribution is 0.610. The van der Waals surface area contributed by atoms with Crippen LogP contribution in [0.5, 0.6) is 0 Å². The van der Waals surface area contributed by atoms with E-state index in [4.69, 9.17) is 10.1 Å². The number of fused-ring (bicyclic) bond motifs is 1. The normalized spacial score (nSPS) is 14.7. The molecular weight excluding hydrogens is 428 g/mol. The first-order valence-electron chi connectivity index (χ1n) is 11.9. The maximum Gasteiger partial charge on any atom is 0.227 e. The minimum absolute atomic E-state index is 0.0550. The number of anilines is 1. The minimum Gasteiger partial charge on any atom is -0.324 e. The molecule has 5 aromatic rings. The first-order valence-corrected chi connectivity index (χ1v) is 11.9. The number of nitrogens with one attached hydrogen (secondary N) is 1. The molecule has 0 spiro atoms. The smallest absolute Gasteiger partial charge is 0.227 e. The summed E-state index contributed by atoms with van der Waals surface area (Å²) in [5.74, 6) is 1.47. The maximum atomic E-state index is 4.92. The second-order valence-electron chi connectivity index (χ2n) is 9.02. The molecule has 4 aromatic carbocycles. The second kappa shape index (κ2) is 8.73. The van der Waals surface area contributed by atoms with Gasteiger partial charge in [-0.2, -0.15) is 4.98 Å². The molecule has 1 aliphatic heterocycles. The van der Waals surface area contributed by atoms with Crippen molar-refractivity contribution < 1.29 is 0 Å². The van der Waals surface area contributed by atoms with Crippen LogP contribution in [0, 0.1) is 13.8 Å². The average molecular weight is 455 g/mol. The highest BCUT2D eigenvalue weighted by Crippen LogP contribution is 2.35. The van der Waals surface area contributed by atoms with Gasteiger partial charge in [0.15, 0.2) is 5.82 Å². The summed E-state index contributed by atoms with van der Waals surface area (Å²) in [5.41, 5.74) is 9.30. The molecule has 0 radical (unpaired) electrons. The van der Waals surface area contributed by atoms with Gasteiger partial charge < -0.3 is 5.32 Å². The number of nitrogens with zero attached hydrogens (tertiary/aromatic N) is 3. The number of hydrogen-bond acceptors (Lipinski definition) is 3. The van der Waals surface area contributed by atoms with Gasteiger partial charge in [-0.15, -0.1) is 5.10 Å². The Bertz CT molecular complexity index is 1510. The van der Waals surface area contributed by atoms with E-state index in [0.717, 1.165) is 28.6 Å². The Morgan fingerprint density at radius 2 is 1.31 bits per heavy atom. The fourth-order valence-corrected chi connectivity index (χ4v) is 4.72. The predicted octanol–water partition coefficient (Wildman–Crippen LogP) is 7.28. The van der Waals surface area contributed by atoms with E-state index in [1.165, 1.54) is 27.8 Å². The summed E-state index contributed by atoms with van der Waals surface area (Å²) in [6, 6.07) is 35.8. The predicted molar refractivity (Wildman–Crippen MR) is 143 cm³/mol. The highest BCUT2D eigenvalue weighted by atomic mass is 15.4. The first-order chi connectivity index (χ1) is 17.2. The number of rotatable bonds is 4. The van der Waals surface area contributed by atoms with Crippen molar-refractivity contribution in [2.75, 3.05) is 5.32 Å². The van der Waals surface area contributed by atoms with Gasteiger partial charge in [0.25, 0.3) is 0 Å². The van der Waals surface area contributed by atoms with Crippen molar-refractivity contribution >= 4 is 11.6 Å². The molecule has 0 saturated carbocycles. The van der Waals surface area contributed by atoms with Gasteiger partial charge >= 0.3 is 0 Å². The van der Waals surface area contributed by atoms with Crippen molar-refractivity contribution in [1.29, 1.82) is 0 Å². The van der Waals surface area contributed by atoms with E-state index in [9.17, 15) is 0 Å². The zero-order chi connectivity index (χ0) is 23.8. The molecule has 0 bridgehead atoms. The highest BCUT2D eigenvalue weighted by molar-refractivity contribution is 5.79. The third-order valence-corrected chi connectivity index (χ3v) is 6.54. The molecule has 1 aromatic heterocycles. The van der Waals surface area contributed by atoms with Gasteiger partial charge in [-0.3, -0.25) is 0 Å². The lowest BCUT2D eigenvalue weighted by Gasteiger charge is -2.25. The summed E-state index contributed by atoms with van der Waals surface area (Å²) in [4.78, 5) is 4.88. The summed E-state index contributed by atoms with van der Waals surface area (Å²) < 4.78 is 2.00. The fraction of sp³-hybridized carbons (Fsp3) is 0.0968. The van der Waals surface area contributed by atoms with Crippen LogP contribution in [0.15, 0.2) is 109 Å². The summed E-state index contributed by atoms with van der Waals surface area (Å²) in [7, 11) is 0.